The number of Topliss-reactive ketones (excluding diaryl/α,β-unsaturated/α-hetero) is 1. The molecular weight excluding hydrogens is 376 g/mol. The van der Waals surface area contributed by atoms with Crippen LogP contribution in [0.15, 0.2) is 18.2 Å². The number of hydrogen-bond donors (Lipinski definition) is 1. The van der Waals surface area contributed by atoms with E-state index in [1.54, 1.807) is 0 Å². The van der Waals surface area contributed by atoms with Gasteiger partial charge in [-0.05, 0) is 30.2 Å². The Kier molecular flexibility index (Phi) is 7.86. The largest absolute Gasteiger partial charge is 0.416 e. The molecule has 1 aromatic carbocycles. The summed E-state index contributed by atoms with van der Waals surface area (Å²) in [6.45, 7) is 3.77. The lowest BCUT2D eigenvalue weighted by Gasteiger charge is -2.15. The van der Waals surface area contributed by atoms with Gasteiger partial charge in [0.2, 0.25) is 5.91 Å². The average molecular weight is 397 g/mol. The summed E-state index contributed by atoms with van der Waals surface area (Å²) in [4.78, 5) is 22.9. The van der Waals surface area contributed by atoms with Crippen LogP contribution in [0.1, 0.15) is 56.2 Å². The van der Waals surface area contributed by atoms with Gasteiger partial charge in [-0.2, -0.15) is 26.3 Å². The van der Waals surface area contributed by atoms with Crippen LogP contribution >= 0.6 is 0 Å². The SMILES string of the molecule is CCC.O=C1CC[C@H](C(=O)NCc2cc(C(F)(F)F)cc(C(F)(F)F)c2)C1. The van der Waals surface area contributed by atoms with Gasteiger partial charge in [0, 0.05) is 25.3 Å². The second-order valence-corrected chi connectivity index (χ2v) is 6.32. The fraction of sp³-hybridized carbons (Fsp3) is 0.556. The minimum atomic E-state index is -4.93. The average Bonchev–Trinajstić information content (AvgIpc) is 2.98. The molecule has 1 aliphatic carbocycles. The molecule has 1 aromatic rings. The molecule has 0 saturated heterocycles. The third-order valence-corrected chi connectivity index (χ3v) is 3.73. The summed E-state index contributed by atoms with van der Waals surface area (Å²) in [5, 5.41) is 2.29. The van der Waals surface area contributed by atoms with Crippen LogP contribution in [0.2, 0.25) is 0 Å². The van der Waals surface area contributed by atoms with Crippen LogP contribution in [0.5, 0.6) is 0 Å². The van der Waals surface area contributed by atoms with Gasteiger partial charge in [0.1, 0.15) is 5.78 Å². The molecule has 9 heteroatoms. The van der Waals surface area contributed by atoms with Crippen LogP contribution in [0.4, 0.5) is 26.3 Å². The standard InChI is InChI=1S/C15H13F6NO2.C3H8/c16-14(17,18)10-3-8(4-11(6-10)15(19,20)21)7-22-13(24)9-1-2-12(23)5-9;1-3-2/h3-4,6,9H,1-2,5,7H2,(H,22,24);3H2,1-2H3/t9-;/m0./s1. The van der Waals surface area contributed by atoms with E-state index in [4.69, 9.17) is 0 Å². The second-order valence-electron chi connectivity index (χ2n) is 6.32. The molecule has 0 bridgehead atoms. The molecule has 0 aliphatic heterocycles. The molecule has 1 aliphatic rings. The maximum atomic E-state index is 12.7. The summed E-state index contributed by atoms with van der Waals surface area (Å²) in [6, 6.07) is 1.16. The van der Waals surface area contributed by atoms with E-state index in [0.29, 0.717) is 18.6 Å². The van der Waals surface area contributed by atoms with Crippen molar-refractivity contribution in [2.75, 3.05) is 0 Å². The van der Waals surface area contributed by atoms with Crippen LogP contribution in [0.3, 0.4) is 0 Å². The molecule has 0 heterocycles. The predicted molar refractivity (Wildman–Crippen MR) is 86.6 cm³/mol. The number of carbonyl (C=O) groups is 2. The van der Waals surface area contributed by atoms with E-state index in [2.05, 4.69) is 19.2 Å². The molecule has 3 nitrogen and oxygen atoms in total. The number of alkyl halides is 6. The Bertz CT molecular complexity index is 635. The topological polar surface area (TPSA) is 46.2 Å². The van der Waals surface area contributed by atoms with E-state index in [0.717, 1.165) is 0 Å². The maximum Gasteiger partial charge on any atom is 0.416 e. The third-order valence-electron chi connectivity index (χ3n) is 3.73. The number of rotatable bonds is 3. The Labute approximate surface area is 153 Å². The van der Waals surface area contributed by atoms with Crippen molar-refractivity contribution in [1.82, 2.24) is 5.32 Å². The van der Waals surface area contributed by atoms with Gasteiger partial charge < -0.3 is 5.32 Å². The zero-order valence-corrected chi connectivity index (χ0v) is 14.9. The molecule has 1 amide bonds. The van der Waals surface area contributed by atoms with Crippen molar-refractivity contribution in [3.63, 3.8) is 0 Å². The second kappa shape index (κ2) is 9.23. The lowest BCUT2D eigenvalue weighted by molar-refractivity contribution is -0.143. The molecule has 0 radical (unpaired) electrons. The van der Waals surface area contributed by atoms with Crippen molar-refractivity contribution in [2.45, 2.75) is 58.4 Å². The number of amides is 1. The smallest absolute Gasteiger partial charge is 0.352 e. The summed E-state index contributed by atoms with van der Waals surface area (Å²) in [5.41, 5.74) is -3.18. The Hall–Kier alpha value is -2.06. The normalized spacial score (nSPS) is 17.3. The highest BCUT2D eigenvalue weighted by atomic mass is 19.4. The molecule has 1 fully saturated rings. The molecule has 1 N–H and O–H groups in total. The van der Waals surface area contributed by atoms with Gasteiger partial charge in [-0.25, -0.2) is 0 Å². The number of halogens is 6. The number of nitrogens with one attached hydrogen (secondary N) is 1. The molecule has 0 unspecified atom stereocenters. The number of carbonyl (C=O) groups excluding carboxylic acids is 2. The first-order valence-electron chi connectivity index (χ1n) is 8.46. The van der Waals surface area contributed by atoms with E-state index >= 15 is 0 Å². The fourth-order valence-electron chi connectivity index (χ4n) is 2.49. The number of benzene rings is 1. The third kappa shape index (κ3) is 7.22. The monoisotopic (exact) mass is 397 g/mol. The molecule has 152 valence electrons. The van der Waals surface area contributed by atoms with Crippen molar-refractivity contribution >= 4 is 11.7 Å². The Morgan fingerprint density at radius 1 is 1.04 bits per heavy atom. The van der Waals surface area contributed by atoms with Crippen LogP contribution in [0, 0.1) is 5.92 Å². The Balaban J connectivity index is 0.00000114. The highest BCUT2D eigenvalue weighted by Crippen LogP contribution is 2.36. The van der Waals surface area contributed by atoms with Crippen molar-refractivity contribution in [1.29, 1.82) is 0 Å². The quantitative estimate of drug-likeness (QED) is 0.719. The van der Waals surface area contributed by atoms with Crippen LogP contribution in [-0.2, 0) is 28.5 Å². The number of ketones is 1. The first-order chi connectivity index (χ1) is 12.4. The van der Waals surface area contributed by atoms with E-state index in [9.17, 15) is 35.9 Å². The van der Waals surface area contributed by atoms with E-state index < -0.39 is 41.8 Å². The predicted octanol–water partition coefficient (Wildman–Crippen LogP) is 5.13. The van der Waals surface area contributed by atoms with Gasteiger partial charge in [-0.3, -0.25) is 9.59 Å². The van der Waals surface area contributed by atoms with Crippen LogP contribution < -0.4 is 5.32 Å². The van der Waals surface area contributed by atoms with Crippen molar-refractivity contribution in [2.24, 2.45) is 5.92 Å². The minimum Gasteiger partial charge on any atom is -0.352 e. The molecule has 0 spiro atoms. The molecule has 1 saturated carbocycles. The lowest BCUT2D eigenvalue weighted by atomic mass is 10.0. The van der Waals surface area contributed by atoms with Crippen molar-refractivity contribution < 1.29 is 35.9 Å². The molecule has 27 heavy (non-hydrogen) atoms. The molecule has 1 atom stereocenters. The highest BCUT2D eigenvalue weighted by Gasteiger charge is 2.37. The molecular formula is C18H21F6NO2. The summed E-state index contributed by atoms with van der Waals surface area (Å²) < 4.78 is 76.4. The van der Waals surface area contributed by atoms with Crippen molar-refractivity contribution in [3.8, 4) is 0 Å². The summed E-state index contributed by atoms with van der Waals surface area (Å²) in [5.74, 6) is -1.22. The van der Waals surface area contributed by atoms with Gasteiger partial charge in [0.15, 0.2) is 0 Å². The van der Waals surface area contributed by atoms with E-state index in [-0.39, 0.29) is 30.3 Å². The zero-order valence-electron chi connectivity index (χ0n) is 14.9. The molecule has 0 aromatic heterocycles. The Morgan fingerprint density at radius 3 is 1.89 bits per heavy atom. The maximum absolute atomic E-state index is 12.7. The lowest BCUT2D eigenvalue weighted by Crippen LogP contribution is -2.29. The molecule has 2 rings (SSSR count). The number of hydrogen-bond acceptors (Lipinski definition) is 2. The van der Waals surface area contributed by atoms with E-state index in [1.807, 2.05) is 0 Å². The Morgan fingerprint density at radius 2 is 1.52 bits per heavy atom. The fourth-order valence-corrected chi connectivity index (χ4v) is 2.49. The van der Waals surface area contributed by atoms with Gasteiger partial charge in [0.25, 0.3) is 0 Å². The minimum absolute atomic E-state index is 0.0287. The first-order valence-corrected chi connectivity index (χ1v) is 8.46. The van der Waals surface area contributed by atoms with Gasteiger partial charge >= 0.3 is 12.4 Å². The van der Waals surface area contributed by atoms with E-state index in [1.165, 1.54) is 6.42 Å². The van der Waals surface area contributed by atoms with Gasteiger partial charge in [0.05, 0.1) is 11.1 Å². The summed E-state index contributed by atoms with van der Waals surface area (Å²) in [7, 11) is 0. The first kappa shape index (κ1) is 23.0. The summed E-state index contributed by atoms with van der Waals surface area (Å²) in [6.07, 6.45) is -7.99. The highest BCUT2D eigenvalue weighted by molar-refractivity contribution is 5.90. The van der Waals surface area contributed by atoms with Crippen molar-refractivity contribution in [3.05, 3.63) is 34.9 Å². The van der Waals surface area contributed by atoms with Gasteiger partial charge in [-0.1, -0.05) is 20.3 Å². The summed E-state index contributed by atoms with van der Waals surface area (Å²) >= 11 is 0. The van der Waals surface area contributed by atoms with Gasteiger partial charge in [-0.15, -0.1) is 0 Å². The van der Waals surface area contributed by atoms with Crippen LogP contribution in [0.25, 0.3) is 0 Å². The van der Waals surface area contributed by atoms with Crippen LogP contribution in [-0.4, -0.2) is 11.7 Å². The zero-order chi connectivity index (χ0) is 20.8.